The molecular formula is C15H21ClN2O2S. The van der Waals surface area contributed by atoms with E-state index in [-0.39, 0.29) is 10.6 Å². The van der Waals surface area contributed by atoms with E-state index in [9.17, 15) is 8.42 Å². The molecule has 2 aliphatic carbocycles. The fraction of sp³-hybridized carbons (Fsp3) is 0.600. The fourth-order valence-electron chi connectivity index (χ4n) is 3.95. The van der Waals surface area contributed by atoms with Crippen molar-refractivity contribution in [3.8, 4) is 0 Å². The third kappa shape index (κ3) is 2.79. The van der Waals surface area contributed by atoms with Crippen molar-refractivity contribution in [2.45, 2.75) is 30.6 Å². The molecule has 0 radical (unpaired) electrons. The van der Waals surface area contributed by atoms with Crippen molar-refractivity contribution in [2.75, 3.05) is 19.3 Å². The van der Waals surface area contributed by atoms with Crippen molar-refractivity contribution in [2.24, 2.45) is 17.8 Å². The number of hydrogen-bond donors (Lipinski definition) is 1. The van der Waals surface area contributed by atoms with Gasteiger partial charge in [0.1, 0.15) is 4.90 Å². The highest BCUT2D eigenvalue weighted by Gasteiger charge is 2.41. The Kier molecular flexibility index (Phi) is 3.93. The highest BCUT2D eigenvalue weighted by molar-refractivity contribution is 7.89. The second kappa shape index (κ2) is 5.45. The lowest BCUT2D eigenvalue weighted by atomic mass is 9.89. The minimum absolute atomic E-state index is 0.151. The van der Waals surface area contributed by atoms with Gasteiger partial charge in [-0.15, -0.1) is 0 Å². The van der Waals surface area contributed by atoms with Crippen LogP contribution in [0.1, 0.15) is 25.7 Å². The Morgan fingerprint density at radius 1 is 1.33 bits per heavy atom. The van der Waals surface area contributed by atoms with Gasteiger partial charge in [-0.3, -0.25) is 0 Å². The molecule has 0 saturated heterocycles. The molecule has 21 heavy (non-hydrogen) atoms. The van der Waals surface area contributed by atoms with Gasteiger partial charge in [0, 0.05) is 18.6 Å². The zero-order valence-electron chi connectivity index (χ0n) is 12.1. The van der Waals surface area contributed by atoms with E-state index in [1.807, 2.05) is 0 Å². The van der Waals surface area contributed by atoms with Gasteiger partial charge in [0.25, 0.3) is 0 Å². The summed E-state index contributed by atoms with van der Waals surface area (Å²) in [6.45, 7) is 0.589. The van der Waals surface area contributed by atoms with Gasteiger partial charge in [-0.2, -0.15) is 0 Å². The Hall–Kier alpha value is -0.780. The topological polar surface area (TPSA) is 63.4 Å². The number of nitrogen functional groups attached to an aromatic ring is 1. The number of nitrogens with two attached hydrogens (primary N) is 1. The van der Waals surface area contributed by atoms with E-state index in [4.69, 9.17) is 17.3 Å². The summed E-state index contributed by atoms with van der Waals surface area (Å²) in [5, 5.41) is 0.446. The van der Waals surface area contributed by atoms with Gasteiger partial charge in [-0.05, 0) is 55.2 Å². The Balaban J connectivity index is 1.78. The molecule has 0 aromatic heterocycles. The molecule has 2 saturated carbocycles. The molecule has 0 amide bonds. The zero-order valence-corrected chi connectivity index (χ0v) is 13.7. The number of halogens is 1. The molecule has 2 bridgehead atoms. The molecule has 2 aliphatic rings. The van der Waals surface area contributed by atoms with Crippen molar-refractivity contribution < 1.29 is 8.42 Å². The van der Waals surface area contributed by atoms with Crippen LogP contribution >= 0.6 is 11.6 Å². The highest BCUT2D eigenvalue weighted by atomic mass is 35.5. The van der Waals surface area contributed by atoms with Crippen LogP contribution in [-0.4, -0.2) is 26.3 Å². The van der Waals surface area contributed by atoms with Gasteiger partial charge in [-0.1, -0.05) is 18.0 Å². The van der Waals surface area contributed by atoms with Crippen molar-refractivity contribution >= 4 is 27.3 Å². The summed E-state index contributed by atoms with van der Waals surface area (Å²) in [7, 11) is -1.89. The first-order chi connectivity index (χ1) is 9.88. The Labute approximate surface area is 131 Å². The molecule has 0 spiro atoms. The van der Waals surface area contributed by atoms with Crippen LogP contribution in [0.2, 0.25) is 5.02 Å². The minimum atomic E-state index is -3.54. The first kappa shape index (κ1) is 15.1. The first-order valence-corrected chi connectivity index (χ1v) is 9.21. The molecule has 3 atom stereocenters. The number of nitrogens with zero attached hydrogens (tertiary/aromatic N) is 1. The van der Waals surface area contributed by atoms with Gasteiger partial charge >= 0.3 is 0 Å². The predicted molar refractivity (Wildman–Crippen MR) is 84.6 cm³/mol. The SMILES string of the molecule is CN(CC1CC2CCC1C2)S(=O)(=O)c1ccc(Cl)cc1N. The van der Waals surface area contributed by atoms with Crippen molar-refractivity contribution in [1.82, 2.24) is 4.31 Å². The largest absolute Gasteiger partial charge is 0.398 e. The van der Waals surface area contributed by atoms with E-state index in [1.165, 1.54) is 42.1 Å². The average Bonchev–Trinajstić information content (AvgIpc) is 3.00. The van der Waals surface area contributed by atoms with Gasteiger partial charge in [-0.25, -0.2) is 12.7 Å². The van der Waals surface area contributed by atoms with Gasteiger partial charge in [0.2, 0.25) is 10.0 Å². The molecule has 116 valence electrons. The monoisotopic (exact) mass is 328 g/mol. The van der Waals surface area contributed by atoms with E-state index in [0.29, 0.717) is 23.4 Å². The predicted octanol–water partition coefficient (Wildman–Crippen LogP) is 2.98. The average molecular weight is 329 g/mol. The lowest BCUT2D eigenvalue weighted by molar-refractivity contribution is 0.280. The van der Waals surface area contributed by atoms with E-state index in [2.05, 4.69) is 0 Å². The lowest BCUT2D eigenvalue weighted by Gasteiger charge is -2.27. The van der Waals surface area contributed by atoms with Crippen LogP contribution in [0.4, 0.5) is 5.69 Å². The molecule has 1 aromatic carbocycles. The first-order valence-electron chi connectivity index (χ1n) is 7.39. The molecule has 4 nitrogen and oxygen atoms in total. The smallest absolute Gasteiger partial charge is 0.244 e. The summed E-state index contributed by atoms with van der Waals surface area (Å²) in [6.07, 6.45) is 5.02. The number of benzene rings is 1. The second-order valence-electron chi connectivity index (χ2n) is 6.40. The number of anilines is 1. The van der Waals surface area contributed by atoms with Crippen LogP contribution in [0.25, 0.3) is 0 Å². The number of hydrogen-bond acceptors (Lipinski definition) is 3. The van der Waals surface area contributed by atoms with Crippen LogP contribution in [0, 0.1) is 17.8 Å². The standard InChI is InChI=1S/C15H21ClN2O2S/c1-18(9-12-7-10-2-3-11(12)6-10)21(19,20)15-5-4-13(16)8-14(15)17/h4-5,8,10-12H,2-3,6-7,9,17H2,1H3. The Bertz CT molecular complexity index is 647. The third-order valence-electron chi connectivity index (χ3n) is 5.04. The summed E-state index contributed by atoms with van der Waals surface area (Å²) in [4.78, 5) is 0.151. The molecule has 2 fully saturated rings. The second-order valence-corrected chi connectivity index (χ2v) is 8.85. The summed E-state index contributed by atoms with van der Waals surface area (Å²) in [5.41, 5.74) is 6.03. The molecule has 0 aliphatic heterocycles. The highest BCUT2D eigenvalue weighted by Crippen LogP contribution is 2.48. The summed E-state index contributed by atoms with van der Waals surface area (Å²) in [5.74, 6) is 2.02. The van der Waals surface area contributed by atoms with Crippen LogP contribution in [0.3, 0.4) is 0 Å². The fourth-order valence-corrected chi connectivity index (χ4v) is 5.45. The number of sulfonamides is 1. The van der Waals surface area contributed by atoms with E-state index in [1.54, 1.807) is 13.1 Å². The normalized spacial score (nSPS) is 28.4. The zero-order chi connectivity index (χ0) is 15.2. The van der Waals surface area contributed by atoms with Crippen molar-refractivity contribution in [3.63, 3.8) is 0 Å². The minimum Gasteiger partial charge on any atom is -0.398 e. The molecule has 6 heteroatoms. The molecule has 1 aromatic rings. The molecule has 3 rings (SSSR count). The van der Waals surface area contributed by atoms with Crippen LogP contribution in [0.5, 0.6) is 0 Å². The third-order valence-corrected chi connectivity index (χ3v) is 7.17. The molecule has 3 unspecified atom stereocenters. The Morgan fingerprint density at radius 2 is 2.10 bits per heavy atom. The van der Waals surface area contributed by atoms with Crippen molar-refractivity contribution in [3.05, 3.63) is 23.2 Å². The Morgan fingerprint density at radius 3 is 2.67 bits per heavy atom. The maximum absolute atomic E-state index is 12.7. The number of rotatable bonds is 4. The molecule has 2 N–H and O–H groups in total. The lowest BCUT2D eigenvalue weighted by Crippen LogP contribution is -2.34. The van der Waals surface area contributed by atoms with Gasteiger partial charge in [0.15, 0.2) is 0 Å². The van der Waals surface area contributed by atoms with Crippen LogP contribution in [0.15, 0.2) is 23.1 Å². The van der Waals surface area contributed by atoms with E-state index < -0.39 is 10.0 Å². The molecular weight excluding hydrogens is 308 g/mol. The summed E-state index contributed by atoms with van der Waals surface area (Å²) < 4.78 is 26.8. The quantitative estimate of drug-likeness (QED) is 0.864. The van der Waals surface area contributed by atoms with Gasteiger partial charge in [0.05, 0.1) is 5.69 Å². The maximum atomic E-state index is 12.7. The summed E-state index contributed by atoms with van der Waals surface area (Å²) >= 11 is 5.84. The molecule has 0 heterocycles. The van der Waals surface area contributed by atoms with Crippen LogP contribution in [-0.2, 0) is 10.0 Å². The summed E-state index contributed by atoms with van der Waals surface area (Å²) in [6, 6.07) is 4.54. The maximum Gasteiger partial charge on any atom is 0.244 e. The van der Waals surface area contributed by atoms with E-state index >= 15 is 0 Å². The van der Waals surface area contributed by atoms with Crippen LogP contribution < -0.4 is 5.73 Å². The van der Waals surface area contributed by atoms with Crippen molar-refractivity contribution in [1.29, 1.82) is 0 Å². The van der Waals surface area contributed by atoms with Gasteiger partial charge < -0.3 is 5.73 Å². The van der Waals surface area contributed by atoms with E-state index in [0.717, 1.165) is 5.92 Å². The number of fused-ring (bicyclic) bond motifs is 2.